The van der Waals surface area contributed by atoms with Crippen LogP contribution in [0.15, 0.2) is 18.2 Å². The third-order valence-electron chi connectivity index (χ3n) is 3.54. The monoisotopic (exact) mass is 247 g/mol. The first-order valence-electron chi connectivity index (χ1n) is 6.74. The fourth-order valence-electron chi connectivity index (χ4n) is 2.53. The van der Waals surface area contributed by atoms with Crippen LogP contribution >= 0.6 is 0 Å². The van der Waals surface area contributed by atoms with Gasteiger partial charge in [-0.05, 0) is 36.0 Å². The van der Waals surface area contributed by atoms with Crippen molar-refractivity contribution in [3.63, 3.8) is 0 Å². The lowest BCUT2D eigenvalue weighted by atomic mass is 9.95. The molecular weight excluding hydrogens is 226 g/mol. The minimum atomic E-state index is -0.738. The van der Waals surface area contributed by atoms with Crippen molar-refractivity contribution in [3.8, 4) is 0 Å². The fourth-order valence-corrected chi connectivity index (χ4v) is 2.53. The molecule has 0 saturated heterocycles. The Balaban J connectivity index is 2.03. The summed E-state index contributed by atoms with van der Waals surface area (Å²) in [6.45, 7) is 3.99. The largest absolute Gasteiger partial charge is 0.480 e. The molecule has 0 aromatic heterocycles. The molecule has 0 saturated carbocycles. The molecule has 0 fully saturated rings. The van der Waals surface area contributed by atoms with E-state index in [2.05, 4.69) is 25.1 Å². The summed E-state index contributed by atoms with van der Waals surface area (Å²) in [6.07, 6.45) is 4.60. The van der Waals surface area contributed by atoms with E-state index in [-0.39, 0.29) is 6.54 Å². The molecule has 3 nitrogen and oxygen atoms in total. The number of benzene rings is 1. The summed E-state index contributed by atoms with van der Waals surface area (Å²) in [5.41, 5.74) is 4.12. The Morgan fingerprint density at radius 2 is 2.22 bits per heavy atom. The molecule has 0 atom stereocenters. The average Bonchev–Trinajstić information content (AvgIpc) is 2.35. The molecule has 0 aliphatic carbocycles. The number of carbonyl (C=O) groups is 1. The number of nitrogens with zero attached hydrogens (tertiary/aromatic N) is 1. The summed E-state index contributed by atoms with van der Waals surface area (Å²) in [5, 5.41) is 8.81. The Kier molecular flexibility index (Phi) is 4.37. The van der Waals surface area contributed by atoms with Crippen LogP contribution in [-0.4, -0.2) is 29.1 Å². The van der Waals surface area contributed by atoms with Crippen LogP contribution in [0.1, 0.15) is 36.5 Å². The lowest BCUT2D eigenvalue weighted by Crippen LogP contribution is -2.34. The summed E-state index contributed by atoms with van der Waals surface area (Å²) in [7, 11) is 0. The van der Waals surface area contributed by atoms with Gasteiger partial charge in [-0.2, -0.15) is 0 Å². The van der Waals surface area contributed by atoms with E-state index in [1.165, 1.54) is 29.5 Å². The second-order valence-corrected chi connectivity index (χ2v) is 5.06. The molecule has 1 heterocycles. The molecular formula is C15H21NO2. The predicted octanol–water partition coefficient (Wildman–Crippen LogP) is 2.47. The molecule has 1 N–H and O–H groups in total. The zero-order valence-electron chi connectivity index (χ0n) is 11.0. The van der Waals surface area contributed by atoms with Gasteiger partial charge >= 0.3 is 5.97 Å². The van der Waals surface area contributed by atoms with Crippen molar-refractivity contribution < 1.29 is 9.90 Å². The molecule has 2 rings (SSSR count). The molecule has 0 radical (unpaired) electrons. The van der Waals surface area contributed by atoms with Gasteiger partial charge in [-0.15, -0.1) is 0 Å². The zero-order valence-corrected chi connectivity index (χ0v) is 11.0. The Morgan fingerprint density at radius 3 is 2.94 bits per heavy atom. The number of fused-ring (bicyclic) bond motifs is 1. The lowest BCUT2D eigenvalue weighted by molar-refractivity contribution is -0.138. The second-order valence-electron chi connectivity index (χ2n) is 5.06. The molecule has 0 amide bonds. The topological polar surface area (TPSA) is 40.5 Å². The highest BCUT2D eigenvalue weighted by atomic mass is 16.4. The number of aliphatic carboxylic acids is 1. The van der Waals surface area contributed by atoms with Crippen molar-refractivity contribution in [3.05, 3.63) is 34.9 Å². The second kappa shape index (κ2) is 6.01. The number of unbranched alkanes of at least 4 members (excludes halogenated alkanes) is 1. The maximum absolute atomic E-state index is 10.7. The molecule has 98 valence electrons. The number of carboxylic acid groups (broad SMARTS) is 1. The molecule has 1 aliphatic rings. The van der Waals surface area contributed by atoms with Gasteiger partial charge in [-0.25, -0.2) is 0 Å². The van der Waals surface area contributed by atoms with E-state index in [1.807, 2.05) is 4.90 Å². The van der Waals surface area contributed by atoms with Crippen LogP contribution in [-0.2, 0) is 24.2 Å². The van der Waals surface area contributed by atoms with Gasteiger partial charge in [0.15, 0.2) is 0 Å². The van der Waals surface area contributed by atoms with E-state index in [9.17, 15) is 4.79 Å². The number of rotatable bonds is 5. The van der Waals surface area contributed by atoms with Gasteiger partial charge in [-0.3, -0.25) is 9.69 Å². The number of hydrogen-bond donors (Lipinski definition) is 1. The van der Waals surface area contributed by atoms with E-state index in [4.69, 9.17) is 5.11 Å². The maximum atomic E-state index is 10.7. The van der Waals surface area contributed by atoms with Gasteiger partial charge < -0.3 is 5.11 Å². The normalized spacial score (nSPS) is 15.4. The highest BCUT2D eigenvalue weighted by Gasteiger charge is 2.18. The van der Waals surface area contributed by atoms with Gasteiger partial charge in [0.1, 0.15) is 0 Å². The van der Waals surface area contributed by atoms with Gasteiger partial charge in [0.25, 0.3) is 0 Å². The zero-order chi connectivity index (χ0) is 13.0. The van der Waals surface area contributed by atoms with E-state index in [1.54, 1.807) is 0 Å². The number of carboxylic acids is 1. The van der Waals surface area contributed by atoms with Crippen LogP contribution in [0.2, 0.25) is 0 Å². The minimum Gasteiger partial charge on any atom is -0.480 e. The van der Waals surface area contributed by atoms with Gasteiger partial charge in [-0.1, -0.05) is 31.5 Å². The molecule has 1 aliphatic heterocycles. The first-order valence-corrected chi connectivity index (χ1v) is 6.74. The Bertz CT molecular complexity index is 429. The molecule has 0 unspecified atom stereocenters. The summed E-state index contributed by atoms with van der Waals surface area (Å²) >= 11 is 0. The van der Waals surface area contributed by atoms with Crippen LogP contribution in [0, 0.1) is 0 Å². The van der Waals surface area contributed by atoms with Gasteiger partial charge in [0.05, 0.1) is 6.54 Å². The van der Waals surface area contributed by atoms with Gasteiger partial charge in [0.2, 0.25) is 0 Å². The molecule has 1 aromatic rings. The van der Waals surface area contributed by atoms with Crippen LogP contribution in [0.3, 0.4) is 0 Å². The molecule has 0 spiro atoms. The van der Waals surface area contributed by atoms with Crippen molar-refractivity contribution >= 4 is 5.97 Å². The van der Waals surface area contributed by atoms with Crippen LogP contribution < -0.4 is 0 Å². The van der Waals surface area contributed by atoms with Crippen LogP contribution in [0.25, 0.3) is 0 Å². The third-order valence-corrected chi connectivity index (χ3v) is 3.54. The average molecular weight is 247 g/mol. The number of hydrogen-bond acceptors (Lipinski definition) is 2. The SMILES string of the molecule is CCCCc1ccc2c(c1)CCN(CC(=O)O)C2. The van der Waals surface area contributed by atoms with Gasteiger partial charge in [0, 0.05) is 13.1 Å². The van der Waals surface area contributed by atoms with E-state index in [0.29, 0.717) is 0 Å². The van der Waals surface area contributed by atoms with Crippen molar-refractivity contribution in [2.45, 2.75) is 39.2 Å². The maximum Gasteiger partial charge on any atom is 0.317 e. The standard InChI is InChI=1S/C15H21NO2/c1-2-3-4-12-5-6-14-10-16(11-15(17)18)8-7-13(14)9-12/h5-6,9H,2-4,7-8,10-11H2,1H3,(H,17,18). The Morgan fingerprint density at radius 1 is 1.39 bits per heavy atom. The predicted molar refractivity (Wildman–Crippen MR) is 71.7 cm³/mol. The molecule has 18 heavy (non-hydrogen) atoms. The van der Waals surface area contributed by atoms with Crippen molar-refractivity contribution in [2.24, 2.45) is 0 Å². The summed E-state index contributed by atoms with van der Waals surface area (Å²) < 4.78 is 0. The first-order chi connectivity index (χ1) is 8.69. The van der Waals surface area contributed by atoms with E-state index in [0.717, 1.165) is 25.9 Å². The van der Waals surface area contributed by atoms with E-state index < -0.39 is 5.97 Å². The first kappa shape index (κ1) is 13.1. The molecule has 0 bridgehead atoms. The highest BCUT2D eigenvalue weighted by molar-refractivity contribution is 5.69. The number of aryl methyl sites for hydroxylation is 1. The summed E-state index contributed by atoms with van der Waals surface area (Å²) in [6, 6.07) is 6.68. The lowest BCUT2D eigenvalue weighted by Gasteiger charge is -2.27. The van der Waals surface area contributed by atoms with E-state index >= 15 is 0 Å². The van der Waals surface area contributed by atoms with Crippen molar-refractivity contribution in [1.82, 2.24) is 4.90 Å². The van der Waals surface area contributed by atoms with Crippen molar-refractivity contribution in [2.75, 3.05) is 13.1 Å². The molecule has 1 aromatic carbocycles. The highest BCUT2D eigenvalue weighted by Crippen LogP contribution is 2.21. The van der Waals surface area contributed by atoms with Crippen LogP contribution in [0.4, 0.5) is 0 Å². The van der Waals surface area contributed by atoms with Crippen LogP contribution in [0.5, 0.6) is 0 Å². The Hall–Kier alpha value is -1.35. The quantitative estimate of drug-likeness (QED) is 0.869. The summed E-state index contributed by atoms with van der Waals surface area (Å²) in [4.78, 5) is 12.7. The Labute approximate surface area is 108 Å². The fraction of sp³-hybridized carbons (Fsp3) is 0.533. The summed E-state index contributed by atoms with van der Waals surface area (Å²) in [5.74, 6) is -0.738. The minimum absolute atomic E-state index is 0.150. The van der Waals surface area contributed by atoms with Crippen molar-refractivity contribution in [1.29, 1.82) is 0 Å². The smallest absolute Gasteiger partial charge is 0.317 e. The third kappa shape index (κ3) is 3.33. The molecule has 3 heteroatoms.